The maximum absolute atomic E-state index is 13.0. The maximum Gasteiger partial charge on any atom is 0.416 e. The van der Waals surface area contributed by atoms with Crippen LogP contribution in [-0.4, -0.2) is 46.9 Å². The van der Waals surface area contributed by atoms with E-state index in [-0.39, 0.29) is 23.4 Å². The van der Waals surface area contributed by atoms with Gasteiger partial charge in [0.15, 0.2) is 4.80 Å². The van der Waals surface area contributed by atoms with Crippen LogP contribution in [0.4, 0.5) is 13.2 Å². The Balaban J connectivity index is 1.45. The van der Waals surface area contributed by atoms with Gasteiger partial charge in [-0.25, -0.2) is 0 Å². The Morgan fingerprint density at radius 3 is 2.38 bits per heavy atom. The van der Waals surface area contributed by atoms with Gasteiger partial charge in [0.1, 0.15) is 0 Å². The molecule has 0 bridgehead atoms. The minimum Gasteiger partial charge on any atom is -0.466 e. The van der Waals surface area contributed by atoms with Crippen molar-refractivity contribution in [2.24, 2.45) is 10.9 Å². The predicted molar refractivity (Wildman–Crippen MR) is 139 cm³/mol. The molecular formula is C28H28F3N3O4S. The average molecular weight is 560 g/mol. The van der Waals surface area contributed by atoms with Crippen LogP contribution in [-0.2, 0) is 22.3 Å². The quantitative estimate of drug-likeness (QED) is 0.395. The first-order valence-corrected chi connectivity index (χ1v) is 13.4. The summed E-state index contributed by atoms with van der Waals surface area (Å²) in [5.74, 6) is -1.25. The van der Waals surface area contributed by atoms with E-state index in [1.807, 2.05) is 24.4 Å². The number of aromatic nitrogens is 1. The highest BCUT2D eigenvalue weighted by Crippen LogP contribution is 2.29. The normalized spacial score (nSPS) is 14.9. The highest BCUT2D eigenvalue weighted by atomic mass is 32.1. The lowest BCUT2D eigenvalue weighted by Crippen LogP contribution is -2.40. The van der Waals surface area contributed by atoms with Crippen molar-refractivity contribution in [1.82, 2.24) is 9.47 Å². The molecule has 3 aromatic rings. The second kappa shape index (κ2) is 12.0. The second-order valence-electron chi connectivity index (χ2n) is 9.26. The Hall–Kier alpha value is -3.73. The van der Waals surface area contributed by atoms with Gasteiger partial charge in [-0.3, -0.25) is 14.4 Å². The summed E-state index contributed by atoms with van der Waals surface area (Å²) in [6, 6.07) is 11.3. The molecule has 7 nitrogen and oxygen atoms in total. The number of ether oxygens (including phenoxy) is 1. The van der Waals surface area contributed by atoms with Gasteiger partial charge in [0.2, 0.25) is 0 Å². The van der Waals surface area contributed by atoms with Crippen molar-refractivity contribution in [3.63, 3.8) is 0 Å². The van der Waals surface area contributed by atoms with E-state index < -0.39 is 17.6 Å². The molecule has 206 valence electrons. The molecule has 0 aliphatic carbocycles. The zero-order valence-corrected chi connectivity index (χ0v) is 22.3. The molecule has 0 saturated carbocycles. The number of hydrogen-bond acceptors (Lipinski definition) is 5. The molecule has 11 heteroatoms. The van der Waals surface area contributed by atoms with Gasteiger partial charge in [-0.1, -0.05) is 18.2 Å². The van der Waals surface area contributed by atoms with Gasteiger partial charge in [-0.2, -0.15) is 18.2 Å². The van der Waals surface area contributed by atoms with Gasteiger partial charge in [0.05, 0.1) is 24.6 Å². The average Bonchev–Trinajstić information content (AvgIpc) is 3.26. The number of hydrogen-bond donors (Lipinski definition) is 0. The van der Waals surface area contributed by atoms with Crippen molar-refractivity contribution >= 4 is 29.1 Å². The van der Waals surface area contributed by atoms with Gasteiger partial charge in [-0.05, 0) is 62.6 Å². The fourth-order valence-corrected chi connectivity index (χ4v) is 5.25. The molecule has 4 rings (SSSR count). The first-order chi connectivity index (χ1) is 18.6. The molecule has 0 atom stereocenters. The smallest absolute Gasteiger partial charge is 0.416 e. The van der Waals surface area contributed by atoms with E-state index in [2.05, 4.69) is 4.99 Å². The van der Waals surface area contributed by atoms with Gasteiger partial charge >= 0.3 is 12.1 Å². The van der Waals surface area contributed by atoms with E-state index in [1.165, 1.54) is 23.5 Å². The number of alkyl halides is 3. The highest BCUT2D eigenvalue weighted by molar-refractivity contribution is 7.07. The molecule has 0 N–H and O–H groups in total. The lowest BCUT2D eigenvalue weighted by molar-refractivity contribution is -0.149. The summed E-state index contributed by atoms with van der Waals surface area (Å²) in [5, 5.41) is 1.82. The molecular weight excluding hydrogens is 531 g/mol. The molecule has 0 unspecified atom stereocenters. The minimum atomic E-state index is -4.55. The molecule has 1 aliphatic rings. The number of piperidine rings is 1. The largest absolute Gasteiger partial charge is 0.466 e. The number of halogens is 3. The number of likely N-dealkylation sites (tertiary alicyclic amines) is 1. The molecule has 39 heavy (non-hydrogen) atoms. The SMILES string of the molecule is CCOC(=O)C1CCN(C(=O)c2ccc(Cn3c(C)csc3=NC(=O)c3cccc(C(F)(F)F)c3)cc2)CC1. The Kier molecular flexibility index (Phi) is 8.69. The van der Waals surface area contributed by atoms with E-state index in [9.17, 15) is 27.6 Å². The number of nitrogens with zero attached hydrogens (tertiary/aromatic N) is 3. The predicted octanol–water partition coefficient (Wildman–Crippen LogP) is 5.08. The first kappa shape index (κ1) is 28.3. The number of esters is 1. The number of carbonyl (C=O) groups is 3. The Morgan fingerprint density at radius 2 is 1.74 bits per heavy atom. The van der Waals surface area contributed by atoms with Crippen LogP contribution < -0.4 is 4.80 Å². The number of amides is 2. The molecule has 1 aliphatic heterocycles. The standard InChI is InChI=1S/C28H28F3N3O4S/c1-3-38-26(37)21-11-13-33(14-12-21)25(36)20-9-7-19(8-10-20)16-34-18(2)17-39-27(34)32-24(35)22-5-4-6-23(15-22)28(29,30)31/h4-10,15,17,21H,3,11-14,16H2,1-2H3. The van der Waals surface area contributed by atoms with E-state index in [0.717, 1.165) is 23.4 Å². The number of thiazole rings is 1. The van der Waals surface area contributed by atoms with E-state index in [1.54, 1.807) is 28.5 Å². The van der Waals surface area contributed by atoms with Crippen molar-refractivity contribution in [3.05, 3.63) is 86.7 Å². The molecule has 2 heterocycles. The third kappa shape index (κ3) is 6.83. The number of carbonyl (C=O) groups excluding carboxylic acids is 3. The third-order valence-corrected chi connectivity index (χ3v) is 7.55. The number of aryl methyl sites for hydroxylation is 1. The van der Waals surface area contributed by atoms with Crippen LogP contribution in [0.25, 0.3) is 0 Å². The van der Waals surface area contributed by atoms with Crippen LogP contribution in [0.3, 0.4) is 0 Å². The summed E-state index contributed by atoms with van der Waals surface area (Å²) in [6.45, 7) is 5.30. The third-order valence-electron chi connectivity index (χ3n) is 6.57. The van der Waals surface area contributed by atoms with Crippen molar-refractivity contribution in [1.29, 1.82) is 0 Å². The lowest BCUT2D eigenvalue weighted by atomic mass is 9.96. The van der Waals surface area contributed by atoms with Gasteiger partial charge < -0.3 is 14.2 Å². The summed E-state index contributed by atoms with van der Waals surface area (Å²) in [7, 11) is 0. The fourth-order valence-electron chi connectivity index (χ4n) is 4.37. The van der Waals surface area contributed by atoms with Crippen LogP contribution in [0.2, 0.25) is 0 Å². The van der Waals surface area contributed by atoms with E-state index in [0.29, 0.717) is 49.4 Å². The van der Waals surface area contributed by atoms with Crippen molar-refractivity contribution < 1.29 is 32.3 Å². The summed E-state index contributed by atoms with van der Waals surface area (Å²) in [5.41, 5.74) is 1.18. The van der Waals surface area contributed by atoms with Crippen molar-refractivity contribution in [2.45, 2.75) is 39.4 Å². The molecule has 0 spiro atoms. The summed E-state index contributed by atoms with van der Waals surface area (Å²) in [6.07, 6.45) is -3.41. The number of benzene rings is 2. The van der Waals surface area contributed by atoms with Crippen LogP contribution in [0.15, 0.2) is 58.9 Å². The topological polar surface area (TPSA) is 81.0 Å². The van der Waals surface area contributed by atoms with Crippen LogP contribution in [0, 0.1) is 12.8 Å². The number of rotatable bonds is 6. The summed E-state index contributed by atoms with van der Waals surface area (Å²) >= 11 is 1.22. The van der Waals surface area contributed by atoms with Crippen molar-refractivity contribution in [3.8, 4) is 0 Å². The van der Waals surface area contributed by atoms with Gasteiger partial charge in [0.25, 0.3) is 11.8 Å². The zero-order chi connectivity index (χ0) is 28.2. The van der Waals surface area contributed by atoms with Crippen LogP contribution >= 0.6 is 11.3 Å². The summed E-state index contributed by atoms with van der Waals surface area (Å²) in [4.78, 5) is 43.8. The van der Waals surface area contributed by atoms with Gasteiger partial charge in [0, 0.05) is 35.3 Å². The Bertz CT molecular complexity index is 1420. The molecule has 1 fully saturated rings. The zero-order valence-electron chi connectivity index (χ0n) is 21.5. The van der Waals surface area contributed by atoms with Crippen LogP contribution in [0.5, 0.6) is 0 Å². The minimum absolute atomic E-state index is 0.106. The van der Waals surface area contributed by atoms with Crippen LogP contribution in [0.1, 0.15) is 57.3 Å². The van der Waals surface area contributed by atoms with Crippen molar-refractivity contribution in [2.75, 3.05) is 19.7 Å². The fraction of sp³-hybridized carbons (Fsp3) is 0.357. The lowest BCUT2D eigenvalue weighted by Gasteiger charge is -2.31. The molecule has 2 aromatic carbocycles. The molecule has 0 radical (unpaired) electrons. The monoisotopic (exact) mass is 559 g/mol. The maximum atomic E-state index is 13.0. The molecule has 2 amide bonds. The summed E-state index contributed by atoms with van der Waals surface area (Å²) < 4.78 is 46.0. The van der Waals surface area contributed by atoms with Gasteiger partial charge in [-0.15, -0.1) is 11.3 Å². The first-order valence-electron chi connectivity index (χ1n) is 12.5. The highest BCUT2D eigenvalue weighted by Gasteiger charge is 2.31. The molecule has 1 aromatic heterocycles. The Labute approximate surface area is 227 Å². The van der Waals surface area contributed by atoms with E-state index in [4.69, 9.17) is 4.74 Å². The Morgan fingerprint density at radius 1 is 1.05 bits per heavy atom. The second-order valence-corrected chi connectivity index (χ2v) is 10.1. The molecule has 1 saturated heterocycles. The van der Waals surface area contributed by atoms with E-state index >= 15 is 0 Å².